The van der Waals surface area contributed by atoms with Gasteiger partial charge in [0.1, 0.15) is 11.5 Å². The zero-order valence-electron chi connectivity index (χ0n) is 7.87. The summed E-state index contributed by atoms with van der Waals surface area (Å²) in [6.45, 7) is 1.48. The molecule has 0 spiro atoms. The maximum absolute atomic E-state index is 5.48. The predicted octanol–water partition coefficient (Wildman–Crippen LogP) is 3.44. The fourth-order valence-corrected chi connectivity index (χ4v) is 3.57. The third-order valence-electron chi connectivity index (χ3n) is 2.31. The van der Waals surface area contributed by atoms with Crippen LogP contribution < -0.4 is 0 Å². The number of hydrogen-bond acceptors (Lipinski definition) is 3. The number of rotatable bonds is 1. The number of thiophene rings is 1. The lowest BCUT2D eigenvalue weighted by Crippen LogP contribution is -1.98. The van der Waals surface area contributed by atoms with Crippen molar-refractivity contribution in [1.82, 2.24) is 0 Å². The maximum atomic E-state index is 5.48. The Balaban J connectivity index is 2.23. The summed E-state index contributed by atoms with van der Waals surface area (Å²) in [6.07, 6.45) is 0. The Kier molecular flexibility index (Phi) is 2.25. The van der Waals surface area contributed by atoms with E-state index in [2.05, 4.69) is 33.1 Å². The van der Waals surface area contributed by atoms with E-state index in [1.807, 2.05) is 12.1 Å². The SMILES string of the molecule is Brc1c(C2=NCCO2)sc2ccccc12. The molecule has 0 saturated carbocycles. The van der Waals surface area contributed by atoms with Crippen LogP contribution in [0.1, 0.15) is 4.88 Å². The van der Waals surface area contributed by atoms with Crippen molar-refractivity contribution in [2.24, 2.45) is 4.99 Å². The van der Waals surface area contributed by atoms with Gasteiger partial charge in [0, 0.05) is 14.6 Å². The van der Waals surface area contributed by atoms with E-state index in [4.69, 9.17) is 4.74 Å². The summed E-state index contributed by atoms with van der Waals surface area (Å²) in [5.41, 5.74) is 0. The van der Waals surface area contributed by atoms with Crippen molar-refractivity contribution in [2.75, 3.05) is 13.2 Å². The zero-order valence-corrected chi connectivity index (χ0v) is 10.3. The summed E-state index contributed by atoms with van der Waals surface area (Å²) in [7, 11) is 0. The standard InChI is InChI=1S/C11H8BrNOS/c12-9-7-3-1-2-4-8(7)15-10(9)11-13-5-6-14-11/h1-4H,5-6H2. The molecular weight excluding hydrogens is 274 g/mol. The minimum absolute atomic E-state index is 0.704. The number of benzene rings is 1. The Labute approximate surface area is 99.7 Å². The Morgan fingerprint density at radius 2 is 2.20 bits per heavy atom. The number of aliphatic imine (C=N–C) groups is 1. The second kappa shape index (κ2) is 3.61. The molecule has 1 aliphatic heterocycles. The molecule has 1 aliphatic rings. The van der Waals surface area contributed by atoms with Gasteiger partial charge in [-0.2, -0.15) is 0 Å². The van der Waals surface area contributed by atoms with E-state index in [0.29, 0.717) is 6.61 Å². The largest absolute Gasteiger partial charge is 0.475 e. The van der Waals surface area contributed by atoms with Crippen molar-refractivity contribution in [3.8, 4) is 0 Å². The van der Waals surface area contributed by atoms with Gasteiger partial charge in [-0.25, -0.2) is 4.99 Å². The molecule has 15 heavy (non-hydrogen) atoms. The second-order valence-electron chi connectivity index (χ2n) is 3.28. The first-order valence-electron chi connectivity index (χ1n) is 4.71. The maximum Gasteiger partial charge on any atom is 0.227 e. The Hall–Kier alpha value is -0.870. The molecular formula is C11H8BrNOS. The van der Waals surface area contributed by atoms with Crippen LogP contribution in [-0.2, 0) is 4.74 Å². The molecule has 2 aromatic rings. The highest BCUT2D eigenvalue weighted by atomic mass is 79.9. The Morgan fingerprint density at radius 3 is 2.93 bits per heavy atom. The topological polar surface area (TPSA) is 21.6 Å². The molecule has 0 unspecified atom stereocenters. The summed E-state index contributed by atoms with van der Waals surface area (Å²) >= 11 is 5.33. The summed E-state index contributed by atoms with van der Waals surface area (Å²) in [4.78, 5) is 5.44. The van der Waals surface area contributed by atoms with Crippen LogP contribution in [0.15, 0.2) is 33.7 Å². The highest BCUT2D eigenvalue weighted by Gasteiger charge is 2.18. The first-order chi connectivity index (χ1) is 7.36. The fraction of sp³-hybridized carbons (Fsp3) is 0.182. The molecule has 0 atom stereocenters. The number of ether oxygens (including phenoxy) is 1. The van der Waals surface area contributed by atoms with E-state index in [9.17, 15) is 0 Å². The minimum Gasteiger partial charge on any atom is -0.475 e. The van der Waals surface area contributed by atoms with E-state index < -0.39 is 0 Å². The van der Waals surface area contributed by atoms with Gasteiger partial charge < -0.3 is 4.74 Å². The van der Waals surface area contributed by atoms with Gasteiger partial charge in [-0.05, 0) is 22.0 Å². The van der Waals surface area contributed by atoms with Gasteiger partial charge in [0.2, 0.25) is 5.90 Å². The number of hydrogen-bond donors (Lipinski definition) is 0. The highest BCUT2D eigenvalue weighted by Crippen LogP contribution is 2.36. The molecule has 2 nitrogen and oxygen atoms in total. The summed E-state index contributed by atoms with van der Waals surface area (Å²) in [6, 6.07) is 8.31. The van der Waals surface area contributed by atoms with Crippen molar-refractivity contribution in [2.45, 2.75) is 0 Å². The number of nitrogens with zero attached hydrogens (tertiary/aromatic N) is 1. The molecule has 0 aliphatic carbocycles. The van der Waals surface area contributed by atoms with Gasteiger partial charge in [0.15, 0.2) is 0 Å². The van der Waals surface area contributed by atoms with Gasteiger partial charge in [-0.15, -0.1) is 11.3 Å². The highest BCUT2D eigenvalue weighted by molar-refractivity contribution is 9.10. The molecule has 1 aromatic heterocycles. The van der Waals surface area contributed by atoms with Crippen molar-refractivity contribution in [1.29, 1.82) is 0 Å². The summed E-state index contributed by atoms with van der Waals surface area (Å²) < 4.78 is 7.84. The van der Waals surface area contributed by atoms with E-state index >= 15 is 0 Å². The fourth-order valence-electron chi connectivity index (χ4n) is 1.62. The van der Waals surface area contributed by atoms with Crippen LogP contribution in [0.2, 0.25) is 0 Å². The average Bonchev–Trinajstić information content (AvgIpc) is 2.87. The zero-order chi connectivity index (χ0) is 10.3. The molecule has 4 heteroatoms. The summed E-state index contributed by atoms with van der Waals surface area (Å²) in [5, 5.41) is 1.23. The summed E-state index contributed by atoms with van der Waals surface area (Å²) in [5.74, 6) is 0.781. The van der Waals surface area contributed by atoms with Gasteiger partial charge in [0.05, 0.1) is 6.54 Å². The van der Waals surface area contributed by atoms with Crippen molar-refractivity contribution < 1.29 is 4.74 Å². The molecule has 1 aromatic carbocycles. The van der Waals surface area contributed by atoms with Crippen LogP contribution in [-0.4, -0.2) is 19.0 Å². The van der Waals surface area contributed by atoms with Gasteiger partial charge in [-0.3, -0.25) is 0 Å². The Morgan fingerprint density at radius 1 is 1.33 bits per heavy atom. The molecule has 0 fully saturated rings. The first-order valence-corrected chi connectivity index (χ1v) is 6.32. The lowest BCUT2D eigenvalue weighted by atomic mass is 10.2. The second-order valence-corrected chi connectivity index (χ2v) is 5.12. The number of halogens is 1. The molecule has 0 radical (unpaired) electrons. The Bertz CT molecular complexity index is 547. The quantitative estimate of drug-likeness (QED) is 0.785. The van der Waals surface area contributed by atoms with Crippen LogP contribution in [0.25, 0.3) is 10.1 Å². The van der Waals surface area contributed by atoms with Crippen LogP contribution in [0.3, 0.4) is 0 Å². The van der Waals surface area contributed by atoms with Crippen LogP contribution in [0, 0.1) is 0 Å². The number of fused-ring (bicyclic) bond motifs is 1. The average molecular weight is 282 g/mol. The molecule has 3 rings (SSSR count). The predicted molar refractivity (Wildman–Crippen MR) is 66.9 cm³/mol. The van der Waals surface area contributed by atoms with Crippen molar-refractivity contribution in [3.63, 3.8) is 0 Å². The van der Waals surface area contributed by atoms with Crippen LogP contribution in [0.5, 0.6) is 0 Å². The minimum atomic E-state index is 0.704. The van der Waals surface area contributed by atoms with E-state index in [-0.39, 0.29) is 0 Å². The lowest BCUT2D eigenvalue weighted by molar-refractivity contribution is 0.349. The smallest absolute Gasteiger partial charge is 0.227 e. The molecule has 0 bridgehead atoms. The van der Waals surface area contributed by atoms with Crippen molar-refractivity contribution in [3.05, 3.63) is 33.6 Å². The van der Waals surface area contributed by atoms with Crippen LogP contribution in [0.4, 0.5) is 0 Å². The van der Waals surface area contributed by atoms with E-state index in [0.717, 1.165) is 21.8 Å². The normalized spacial score (nSPS) is 15.4. The molecule has 0 saturated heterocycles. The third kappa shape index (κ3) is 1.48. The molecule has 0 amide bonds. The van der Waals surface area contributed by atoms with Crippen LogP contribution >= 0.6 is 27.3 Å². The van der Waals surface area contributed by atoms with E-state index in [1.54, 1.807) is 11.3 Å². The van der Waals surface area contributed by atoms with Crippen molar-refractivity contribution >= 4 is 43.3 Å². The molecule has 2 heterocycles. The van der Waals surface area contributed by atoms with Gasteiger partial charge >= 0.3 is 0 Å². The molecule has 76 valence electrons. The molecule has 0 N–H and O–H groups in total. The van der Waals surface area contributed by atoms with Gasteiger partial charge in [0.25, 0.3) is 0 Å². The third-order valence-corrected chi connectivity index (χ3v) is 4.56. The van der Waals surface area contributed by atoms with Gasteiger partial charge in [-0.1, -0.05) is 18.2 Å². The lowest BCUT2D eigenvalue weighted by Gasteiger charge is -1.97. The monoisotopic (exact) mass is 281 g/mol. The van der Waals surface area contributed by atoms with E-state index in [1.165, 1.54) is 10.1 Å². The first kappa shape index (κ1) is 9.36.